The molecule has 0 spiro atoms. The van der Waals surface area contributed by atoms with Crippen LogP contribution in [0.25, 0.3) is 0 Å². The minimum absolute atomic E-state index is 0.0312. The normalized spacial score (nSPS) is 17.2. The van der Waals surface area contributed by atoms with Gasteiger partial charge in [0.15, 0.2) is 5.82 Å². The molecule has 122 valence electrons. The zero-order chi connectivity index (χ0) is 16.5. The molecule has 2 rings (SSSR count). The molecule has 0 saturated carbocycles. The third-order valence-corrected chi connectivity index (χ3v) is 2.88. The molecule has 1 aromatic rings. The van der Waals surface area contributed by atoms with E-state index in [4.69, 9.17) is 4.52 Å². The first-order valence-electron chi connectivity index (χ1n) is 7.98. The summed E-state index contributed by atoms with van der Waals surface area (Å²) in [6.07, 6.45) is 1.93. The van der Waals surface area contributed by atoms with Crippen LogP contribution in [0.4, 0.5) is 5.82 Å². The Balaban J connectivity index is 0.000000921. The van der Waals surface area contributed by atoms with Crippen LogP contribution in [0.15, 0.2) is 10.6 Å². The highest BCUT2D eigenvalue weighted by atomic mass is 16.5. The summed E-state index contributed by atoms with van der Waals surface area (Å²) >= 11 is 0. The van der Waals surface area contributed by atoms with Gasteiger partial charge in [-0.3, -0.25) is 4.79 Å². The number of carbonyl (C=O) groups excluding carboxylic acids is 1. The van der Waals surface area contributed by atoms with Crippen molar-refractivity contribution in [1.82, 2.24) is 10.5 Å². The zero-order valence-corrected chi connectivity index (χ0v) is 14.5. The molecule has 1 aromatic heterocycles. The number of anilines is 1. The minimum Gasteiger partial charge on any atom is -0.359 e. The van der Waals surface area contributed by atoms with E-state index >= 15 is 0 Å². The molecular weight excluding hydrogens is 266 g/mol. The van der Waals surface area contributed by atoms with Gasteiger partial charge in [0.1, 0.15) is 5.76 Å². The van der Waals surface area contributed by atoms with E-state index in [0.29, 0.717) is 5.82 Å². The highest BCUT2D eigenvalue weighted by molar-refractivity contribution is 5.94. The molecule has 5 heteroatoms. The fourth-order valence-corrected chi connectivity index (χ4v) is 1.81. The van der Waals surface area contributed by atoms with Crippen molar-refractivity contribution in [3.8, 4) is 0 Å². The summed E-state index contributed by atoms with van der Waals surface area (Å²) < 4.78 is 5.21. The van der Waals surface area contributed by atoms with Gasteiger partial charge in [-0.05, 0) is 19.4 Å². The van der Waals surface area contributed by atoms with Gasteiger partial charge in [-0.2, -0.15) is 0 Å². The van der Waals surface area contributed by atoms with E-state index in [1.54, 1.807) is 6.07 Å². The first kappa shape index (κ1) is 19.6. The predicted molar refractivity (Wildman–Crippen MR) is 87.6 cm³/mol. The van der Waals surface area contributed by atoms with E-state index in [9.17, 15) is 4.79 Å². The number of nitrogens with one attached hydrogen (secondary N) is 2. The molecule has 1 unspecified atom stereocenters. The second-order valence-electron chi connectivity index (χ2n) is 5.46. The van der Waals surface area contributed by atoms with Crippen molar-refractivity contribution in [3.63, 3.8) is 0 Å². The van der Waals surface area contributed by atoms with Crippen molar-refractivity contribution in [1.29, 1.82) is 0 Å². The van der Waals surface area contributed by atoms with Crippen LogP contribution in [-0.2, 0) is 10.2 Å². The Morgan fingerprint density at radius 3 is 2.38 bits per heavy atom. The summed E-state index contributed by atoms with van der Waals surface area (Å²) in [6, 6.07) is 1.69. The summed E-state index contributed by atoms with van der Waals surface area (Å²) in [4.78, 5) is 11.8. The van der Waals surface area contributed by atoms with Gasteiger partial charge in [0, 0.05) is 11.5 Å². The van der Waals surface area contributed by atoms with E-state index in [1.165, 1.54) is 0 Å². The van der Waals surface area contributed by atoms with Gasteiger partial charge in [-0.1, -0.05) is 53.6 Å². The Morgan fingerprint density at radius 1 is 1.33 bits per heavy atom. The number of nitrogens with zero attached hydrogens (tertiary/aromatic N) is 1. The molecule has 2 heterocycles. The number of aromatic nitrogens is 1. The van der Waals surface area contributed by atoms with E-state index in [1.807, 2.05) is 48.5 Å². The number of carbonyl (C=O) groups is 1. The Morgan fingerprint density at radius 2 is 1.95 bits per heavy atom. The summed E-state index contributed by atoms with van der Waals surface area (Å²) in [5, 5.41) is 9.77. The molecule has 0 bridgehead atoms. The van der Waals surface area contributed by atoms with Crippen molar-refractivity contribution in [2.24, 2.45) is 0 Å². The molecule has 21 heavy (non-hydrogen) atoms. The van der Waals surface area contributed by atoms with Gasteiger partial charge < -0.3 is 15.2 Å². The molecule has 0 radical (unpaired) electrons. The Hall–Kier alpha value is -1.36. The van der Waals surface area contributed by atoms with Crippen molar-refractivity contribution in [3.05, 3.63) is 11.8 Å². The zero-order valence-electron chi connectivity index (χ0n) is 14.5. The van der Waals surface area contributed by atoms with Crippen LogP contribution in [0, 0.1) is 0 Å². The molecule has 5 nitrogen and oxygen atoms in total. The lowest BCUT2D eigenvalue weighted by molar-refractivity contribution is -0.117. The molecule has 1 aliphatic rings. The van der Waals surface area contributed by atoms with Gasteiger partial charge in [0.25, 0.3) is 0 Å². The van der Waals surface area contributed by atoms with Crippen LogP contribution in [0.1, 0.15) is 67.1 Å². The van der Waals surface area contributed by atoms with Crippen LogP contribution < -0.4 is 10.6 Å². The Kier molecular flexibility index (Phi) is 8.93. The summed E-state index contributed by atoms with van der Waals surface area (Å²) in [5.41, 5.74) is -0.0956. The van der Waals surface area contributed by atoms with E-state index in [-0.39, 0.29) is 17.4 Å². The van der Waals surface area contributed by atoms with E-state index < -0.39 is 0 Å². The van der Waals surface area contributed by atoms with Crippen LogP contribution in [0.2, 0.25) is 0 Å². The molecule has 1 atom stereocenters. The minimum atomic E-state index is -0.0956. The van der Waals surface area contributed by atoms with Crippen molar-refractivity contribution >= 4 is 11.7 Å². The molecular formula is C16H31N3O2. The van der Waals surface area contributed by atoms with E-state index in [2.05, 4.69) is 15.8 Å². The monoisotopic (exact) mass is 297 g/mol. The molecule has 1 fully saturated rings. The molecule has 1 saturated heterocycles. The Labute approximate surface area is 128 Å². The second kappa shape index (κ2) is 9.55. The number of rotatable bonds is 2. The topological polar surface area (TPSA) is 67.2 Å². The van der Waals surface area contributed by atoms with Gasteiger partial charge in [-0.25, -0.2) is 0 Å². The van der Waals surface area contributed by atoms with Gasteiger partial charge in [0.2, 0.25) is 5.91 Å². The molecule has 0 aromatic carbocycles. The lowest BCUT2D eigenvalue weighted by atomic mass is 9.93. The summed E-state index contributed by atoms with van der Waals surface area (Å²) in [7, 11) is 0. The van der Waals surface area contributed by atoms with Crippen molar-refractivity contribution < 1.29 is 9.32 Å². The van der Waals surface area contributed by atoms with Crippen LogP contribution in [-0.4, -0.2) is 23.7 Å². The van der Waals surface area contributed by atoms with Gasteiger partial charge in [0.05, 0.1) is 6.04 Å². The SMILES string of the molecule is CC.CC.CC(C)(C)c1cc(NC(=O)C2CCCN2)no1. The standard InChI is InChI=1S/C12H19N3O2.2C2H6/c1-12(2,3)9-7-10(15-17-9)14-11(16)8-5-4-6-13-8;2*1-2/h7-8,13H,4-6H2,1-3H3,(H,14,15,16);2*1-2H3. The van der Waals surface area contributed by atoms with E-state index in [0.717, 1.165) is 25.1 Å². The predicted octanol–water partition coefficient (Wildman–Crippen LogP) is 3.72. The molecule has 0 aliphatic carbocycles. The Bertz CT molecular complexity index is 402. The van der Waals surface area contributed by atoms with Gasteiger partial charge >= 0.3 is 0 Å². The highest BCUT2D eigenvalue weighted by Crippen LogP contribution is 2.24. The van der Waals surface area contributed by atoms with Gasteiger partial charge in [-0.15, -0.1) is 0 Å². The maximum absolute atomic E-state index is 11.8. The van der Waals surface area contributed by atoms with Crippen molar-refractivity contribution in [2.45, 2.75) is 72.8 Å². The third-order valence-electron chi connectivity index (χ3n) is 2.88. The molecule has 1 aliphatic heterocycles. The molecule has 1 amide bonds. The number of hydrogen-bond donors (Lipinski definition) is 2. The van der Waals surface area contributed by atoms with Crippen LogP contribution in [0.5, 0.6) is 0 Å². The maximum atomic E-state index is 11.8. The lowest BCUT2D eigenvalue weighted by Gasteiger charge is -2.12. The first-order chi connectivity index (χ1) is 9.97. The smallest absolute Gasteiger partial charge is 0.242 e. The highest BCUT2D eigenvalue weighted by Gasteiger charge is 2.24. The van der Waals surface area contributed by atoms with Crippen LogP contribution >= 0.6 is 0 Å². The lowest BCUT2D eigenvalue weighted by Crippen LogP contribution is -2.35. The van der Waals surface area contributed by atoms with Crippen molar-refractivity contribution in [2.75, 3.05) is 11.9 Å². The van der Waals surface area contributed by atoms with Crippen LogP contribution in [0.3, 0.4) is 0 Å². The molecule has 2 N–H and O–H groups in total. The second-order valence-corrected chi connectivity index (χ2v) is 5.46. The third kappa shape index (κ3) is 6.29. The number of amides is 1. The average Bonchev–Trinajstić information content (AvgIpc) is 3.13. The quantitative estimate of drug-likeness (QED) is 0.873. The fourth-order valence-electron chi connectivity index (χ4n) is 1.81. The summed E-state index contributed by atoms with van der Waals surface area (Å²) in [6.45, 7) is 15.0. The number of hydrogen-bond acceptors (Lipinski definition) is 4. The fraction of sp³-hybridized carbons (Fsp3) is 0.750. The first-order valence-corrected chi connectivity index (χ1v) is 7.98. The largest absolute Gasteiger partial charge is 0.359 e. The summed E-state index contributed by atoms with van der Waals surface area (Å²) in [5.74, 6) is 1.23. The maximum Gasteiger partial charge on any atom is 0.242 e. The average molecular weight is 297 g/mol.